The van der Waals surface area contributed by atoms with Gasteiger partial charge in [-0.05, 0) is 49.2 Å². The van der Waals surface area contributed by atoms with Crippen LogP contribution < -0.4 is 10.1 Å². The van der Waals surface area contributed by atoms with Gasteiger partial charge >= 0.3 is 0 Å². The fraction of sp³-hybridized carbons (Fsp3) is 0.267. The van der Waals surface area contributed by atoms with Crippen LogP contribution in [-0.2, 0) is 6.42 Å². The van der Waals surface area contributed by atoms with Gasteiger partial charge in [-0.25, -0.2) is 4.39 Å². The van der Waals surface area contributed by atoms with Gasteiger partial charge in [-0.2, -0.15) is 5.10 Å². The van der Waals surface area contributed by atoms with Crippen LogP contribution in [0.3, 0.4) is 0 Å². The number of rotatable bonds is 2. The van der Waals surface area contributed by atoms with E-state index in [1.54, 1.807) is 25.1 Å². The standard InChI is InChI=1S/C15H14FN3O2/c1-9-2-4-13(19-18-9)15(20)17-12-7-10-6-11(16)3-5-14(10)21-8-12/h2-6,12H,7-8H2,1H3,(H,17,20)/t12-/m1/s1. The van der Waals surface area contributed by atoms with Gasteiger partial charge in [0, 0.05) is 0 Å². The number of aromatic nitrogens is 2. The molecule has 6 heteroatoms. The Balaban J connectivity index is 1.69. The maximum absolute atomic E-state index is 13.2. The first-order valence-electron chi connectivity index (χ1n) is 6.64. The van der Waals surface area contributed by atoms with E-state index >= 15 is 0 Å². The van der Waals surface area contributed by atoms with Gasteiger partial charge in [0.1, 0.15) is 18.2 Å². The lowest BCUT2D eigenvalue weighted by Gasteiger charge is -2.25. The fourth-order valence-corrected chi connectivity index (χ4v) is 2.24. The number of hydrogen-bond donors (Lipinski definition) is 1. The number of benzene rings is 1. The summed E-state index contributed by atoms with van der Waals surface area (Å²) in [4.78, 5) is 12.1. The van der Waals surface area contributed by atoms with Crippen molar-refractivity contribution in [1.82, 2.24) is 15.5 Å². The van der Waals surface area contributed by atoms with E-state index in [0.717, 1.165) is 11.3 Å². The second kappa shape index (κ2) is 5.47. The molecule has 0 saturated carbocycles. The molecule has 0 radical (unpaired) electrons. The minimum Gasteiger partial charge on any atom is -0.491 e. The molecule has 3 rings (SSSR count). The molecule has 5 nitrogen and oxygen atoms in total. The molecule has 0 spiro atoms. The molecule has 1 aliphatic rings. The van der Waals surface area contributed by atoms with Crippen molar-refractivity contribution in [2.45, 2.75) is 19.4 Å². The lowest BCUT2D eigenvalue weighted by Crippen LogP contribution is -2.43. The molecule has 1 amide bonds. The number of fused-ring (bicyclic) bond motifs is 1. The summed E-state index contributed by atoms with van der Waals surface area (Å²) in [6.07, 6.45) is 0.526. The van der Waals surface area contributed by atoms with E-state index in [1.165, 1.54) is 12.1 Å². The Hall–Kier alpha value is -2.50. The highest BCUT2D eigenvalue weighted by atomic mass is 19.1. The zero-order chi connectivity index (χ0) is 14.8. The zero-order valence-corrected chi connectivity index (χ0v) is 11.5. The van der Waals surface area contributed by atoms with Crippen LogP contribution in [0.4, 0.5) is 4.39 Å². The minimum atomic E-state index is -0.311. The first-order valence-corrected chi connectivity index (χ1v) is 6.64. The van der Waals surface area contributed by atoms with Crippen LogP contribution in [0.15, 0.2) is 30.3 Å². The molecule has 2 aromatic rings. The largest absolute Gasteiger partial charge is 0.491 e. The third-order valence-corrected chi connectivity index (χ3v) is 3.29. The van der Waals surface area contributed by atoms with E-state index in [-0.39, 0.29) is 23.5 Å². The molecule has 1 aromatic heterocycles. The third-order valence-electron chi connectivity index (χ3n) is 3.29. The third kappa shape index (κ3) is 2.99. The predicted molar refractivity (Wildman–Crippen MR) is 73.6 cm³/mol. The number of ether oxygens (including phenoxy) is 1. The number of aryl methyl sites for hydroxylation is 1. The number of nitrogens with one attached hydrogen (secondary N) is 1. The Bertz CT molecular complexity index is 673. The highest BCUT2D eigenvalue weighted by molar-refractivity contribution is 5.92. The summed E-state index contributed by atoms with van der Waals surface area (Å²) in [7, 11) is 0. The molecule has 1 atom stereocenters. The second-order valence-corrected chi connectivity index (χ2v) is 5.00. The summed E-state index contributed by atoms with van der Waals surface area (Å²) in [5, 5.41) is 10.5. The summed E-state index contributed by atoms with van der Waals surface area (Å²) >= 11 is 0. The molecule has 0 fully saturated rings. The molecular formula is C15H14FN3O2. The number of amides is 1. The molecule has 1 N–H and O–H groups in total. The molecule has 1 aliphatic heterocycles. The lowest BCUT2D eigenvalue weighted by atomic mass is 10.0. The monoisotopic (exact) mass is 287 g/mol. The second-order valence-electron chi connectivity index (χ2n) is 5.00. The molecule has 108 valence electrons. The topological polar surface area (TPSA) is 64.1 Å². The number of hydrogen-bond acceptors (Lipinski definition) is 4. The van der Waals surface area contributed by atoms with E-state index < -0.39 is 0 Å². The van der Waals surface area contributed by atoms with Crippen molar-refractivity contribution >= 4 is 5.91 Å². The van der Waals surface area contributed by atoms with Gasteiger partial charge in [0.25, 0.3) is 5.91 Å². The first-order chi connectivity index (χ1) is 10.1. The van der Waals surface area contributed by atoms with Crippen molar-refractivity contribution < 1.29 is 13.9 Å². The highest BCUT2D eigenvalue weighted by Gasteiger charge is 2.22. The van der Waals surface area contributed by atoms with Crippen molar-refractivity contribution in [2.24, 2.45) is 0 Å². The summed E-state index contributed by atoms with van der Waals surface area (Å²) < 4.78 is 18.8. The molecule has 0 unspecified atom stereocenters. The summed E-state index contributed by atoms with van der Waals surface area (Å²) in [6, 6.07) is 7.53. The maximum atomic E-state index is 13.2. The van der Waals surface area contributed by atoms with Crippen LogP contribution in [0.5, 0.6) is 5.75 Å². The normalized spacial score (nSPS) is 16.8. The molecule has 0 saturated heterocycles. The van der Waals surface area contributed by atoms with Crippen LogP contribution in [0.1, 0.15) is 21.7 Å². The summed E-state index contributed by atoms with van der Waals surface area (Å²) in [5.74, 6) is 0.0432. The van der Waals surface area contributed by atoms with Gasteiger partial charge in [-0.1, -0.05) is 0 Å². The van der Waals surface area contributed by atoms with Crippen LogP contribution in [0.25, 0.3) is 0 Å². The van der Waals surface area contributed by atoms with Crippen molar-refractivity contribution in [3.8, 4) is 5.75 Å². The SMILES string of the molecule is Cc1ccc(C(=O)N[C@H]2COc3ccc(F)cc3C2)nn1. The predicted octanol–water partition coefficient (Wildman–Crippen LogP) is 1.66. The van der Waals surface area contributed by atoms with E-state index in [1.807, 2.05) is 0 Å². The fourth-order valence-electron chi connectivity index (χ4n) is 2.24. The highest BCUT2D eigenvalue weighted by Crippen LogP contribution is 2.25. The van der Waals surface area contributed by atoms with Crippen LogP contribution in [0.2, 0.25) is 0 Å². The average molecular weight is 287 g/mol. The van der Waals surface area contributed by atoms with Crippen LogP contribution in [-0.4, -0.2) is 28.8 Å². The van der Waals surface area contributed by atoms with E-state index in [2.05, 4.69) is 15.5 Å². The molecule has 0 aliphatic carbocycles. The Morgan fingerprint density at radius 3 is 2.95 bits per heavy atom. The molecule has 2 heterocycles. The van der Waals surface area contributed by atoms with Crippen LogP contribution in [0, 0.1) is 12.7 Å². The maximum Gasteiger partial charge on any atom is 0.272 e. The van der Waals surface area contributed by atoms with Gasteiger partial charge in [0.2, 0.25) is 0 Å². The molecular weight excluding hydrogens is 273 g/mol. The van der Waals surface area contributed by atoms with Crippen molar-refractivity contribution in [3.63, 3.8) is 0 Å². The number of carbonyl (C=O) groups excluding carboxylic acids is 1. The van der Waals surface area contributed by atoms with E-state index in [0.29, 0.717) is 18.8 Å². The first kappa shape index (κ1) is 13.5. The van der Waals surface area contributed by atoms with Crippen LogP contribution >= 0.6 is 0 Å². The summed E-state index contributed by atoms with van der Waals surface area (Å²) in [5.41, 5.74) is 1.75. The van der Waals surface area contributed by atoms with Gasteiger partial charge < -0.3 is 10.1 Å². The number of carbonyl (C=O) groups is 1. The number of nitrogens with zero attached hydrogens (tertiary/aromatic N) is 2. The van der Waals surface area contributed by atoms with Crippen molar-refractivity contribution in [2.75, 3.05) is 6.61 Å². The van der Waals surface area contributed by atoms with Crippen molar-refractivity contribution in [3.05, 3.63) is 53.1 Å². The Morgan fingerprint density at radius 2 is 2.19 bits per heavy atom. The molecule has 21 heavy (non-hydrogen) atoms. The van der Waals surface area contributed by atoms with E-state index in [9.17, 15) is 9.18 Å². The van der Waals surface area contributed by atoms with E-state index in [4.69, 9.17) is 4.74 Å². The molecule has 0 bridgehead atoms. The Labute approximate surface area is 121 Å². The minimum absolute atomic E-state index is 0.213. The Morgan fingerprint density at radius 1 is 1.33 bits per heavy atom. The molecule has 1 aromatic carbocycles. The quantitative estimate of drug-likeness (QED) is 0.912. The Kier molecular flexibility index (Phi) is 3.51. The van der Waals surface area contributed by atoms with Gasteiger partial charge in [-0.15, -0.1) is 5.10 Å². The lowest BCUT2D eigenvalue weighted by molar-refractivity contribution is 0.0909. The van der Waals surface area contributed by atoms with Gasteiger partial charge in [0.05, 0.1) is 11.7 Å². The average Bonchev–Trinajstić information content (AvgIpc) is 2.47. The smallest absolute Gasteiger partial charge is 0.272 e. The number of halogens is 1. The summed E-state index contributed by atoms with van der Waals surface area (Å²) in [6.45, 7) is 2.15. The zero-order valence-electron chi connectivity index (χ0n) is 11.5. The van der Waals surface area contributed by atoms with Crippen molar-refractivity contribution in [1.29, 1.82) is 0 Å². The van der Waals surface area contributed by atoms with Gasteiger partial charge in [0.15, 0.2) is 5.69 Å². The van der Waals surface area contributed by atoms with Gasteiger partial charge in [-0.3, -0.25) is 4.79 Å².